The number of carbonyl (C=O) groups excluding carboxylic acids is 1. The summed E-state index contributed by atoms with van der Waals surface area (Å²) in [5.74, 6) is -0.0662. The van der Waals surface area contributed by atoms with Crippen LogP contribution in [-0.4, -0.2) is 15.3 Å². The number of thiophene rings is 2. The summed E-state index contributed by atoms with van der Waals surface area (Å²) in [6.45, 7) is 0.0398. The molecule has 3 rings (SSSR count). The Bertz CT molecular complexity index is 756. The van der Waals surface area contributed by atoms with Crippen LogP contribution in [0, 0.1) is 0 Å². The molecule has 3 aromatic heterocycles. The van der Waals surface area contributed by atoms with E-state index in [9.17, 15) is 9.59 Å². The number of aromatic nitrogens is 2. The number of rotatable bonds is 3. The zero-order valence-corrected chi connectivity index (χ0v) is 10.8. The first-order chi connectivity index (χ1) is 8.75. The molecule has 6 heteroatoms. The Hall–Kier alpha value is -1.79. The average molecular weight is 276 g/mol. The molecule has 0 aliphatic heterocycles. The number of nitrogens with zero attached hydrogens (tertiary/aromatic N) is 2. The number of hydrogen-bond donors (Lipinski definition) is 0. The summed E-state index contributed by atoms with van der Waals surface area (Å²) in [6, 6.07) is 5.32. The second-order valence-corrected chi connectivity index (χ2v) is 5.56. The molecule has 0 amide bonds. The first-order valence-corrected chi connectivity index (χ1v) is 7.01. The van der Waals surface area contributed by atoms with Crippen LogP contribution in [0.1, 0.15) is 9.67 Å². The van der Waals surface area contributed by atoms with E-state index < -0.39 is 0 Å². The van der Waals surface area contributed by atoms with Gasteiger partial charge in [0, 0.05) is 0 Å². The van der Waals surface area contributed by atoms with Gasteiger partial charge in [-0.3, -0.25) is 14.2 Å². The van der Waals surface area contributed by atoms with E-state index in [2.05, 4.69) is 4.98 Å². The van der Waals surface area contributed by atoms with Crippen molar-refractivity contribution in [1.82, 2.24) is 9.55 Å². The monoisotopic (exact) mass is 276 g/mol. The highest BCUT2D eigenvalue weighted by atomic mass is 32.1. The second-order valence-electron chi connectivity index (χ2n) is 3.72. The number of fused-ring (bicyclic) bond motifs is 1. The molecular weight excluding hydrogens is 268 g/mol. The summed E-state index contributed by atoms with van der Waals surface area (Å²) in [4.78, 5) is 29.5. The Morgan fingerprint density at radius 3 is 2.94 bits per heavy atom. The molecule has 0 fully saturated rings. The molecule has 0 aliphatic carbocycles. The van der Waals surface area contributed by atoms with E-state index in [1.165, 1.54) is 33.6 Å². The maximum absolute atomic E-state index is 12.1. The van der Waals surface area contributed by atoms with Crippen LogP contribution in [0.5, 0.6) is 0 Å². The second kappa shape index (κ2) is 4.47. The number of ketones is 1. The summed E-state index contributed by atoms with van der Waals surface area (Å²) in [5, 5.41) is 4.24. The molecule has 0 aliphatic rings. The van der Waals surface area contributed by atoms with Crippen LogP contribution in [0.3, 0.4) is 0 Å². The predicted molar refractivity (Wildman–Crippen MR) is 72.5 cm³/mol. The first kappa shape index (κ1) is 11.3. The minimum atomic E-state index is -0.161. The largest absolute Gasteiger partial charge is 0.291 e. The maximum atomic E-state index is 12.1. The van der Waals surface area contributed by atoms with Crippen LogP contribution in [0.2, 0.25) is 0 Å². The van der Waals surface area contributed by atoms with Crippen LogP contribution in [0.25, 0.3) is 10.2 Å². The Kier molecular flexibility index (Phi) is 2.81. The molecule has 3 aromatic rings. The van der Waals surface area contributed by atoms with Crippen molar-refractivity contribution in [2.24, 2.45) is 0 Å². The Labute approximate surface area is 110 Å². The molecule has 0 aromatic carbocycles. The third kappa shape index (κ3) is 1.89. The van der Waals surface area contributed by atoms with Crippen LogP contribution < -0.4 is 5.56 Å². The Morgan fingerprint density at radius 2 is 2.17 bits per heavy atom. The molecule has 0 atom stereocenters. The summed E-state index contributed by atoms with van der Waals surface area (Å²) in [6.07, 6.45) is 1.44. The fourth-order valence-electron chi connectivity index (χ4n) is 1.68. The highest BCUT2D eigenvalue weighted by Gasteiger charge is 2.11. The van der Waals surface area contributed by atoms with Gasteiger partial charge in [-0.15, -0.1) is 22.7 Å². The standard InChI is InChI=1S/C12H8N2O2S2/c15-9(10-2-1-4-17-10)6-14-7-13-11-8(12(14)16)3-5-18-11/h1-5,7H,6H2. The van der Waals surface area contributed by atoms with Crippen LogP contribution in [-0.2, 0) is 6.54 Å². The van der Waals surface area contributed by atoms with E-state index in [-0.39, 0.29) is 17.9 Å². The van der Waals surface area contributed by atoms with Gasteiger partial charge in [-0.05, 0) is 22.9 Å². The molecule has 90 valence electrons. The van der Waals surface area contributed by atoms with E-state index in [1.54, 1.807) is 12.1 Å². The average Bonchev–Trinajstić information content (AvgIpc) is 3.02. The summed E-state index contributed by atoms with van der Waals surface area (Å²) in [5.41, 5.74) is -0.161. The van der Waals surface area contributed by atoms with Crippen molar-refractivity contribution in [3.8, 4) is 0 Å². The lowest BCUT2D eigenvalue weighted by molar-refractivity contribution is 0.0974. The minimum Gasteiger partial charge on any atom is -0.291 e. The van der Waals surface area contributed by atoms with Crippen molar-refractivity contribution < 1.29 is 4.79 Å². The fraction of sp³-hybridized carbons (Fsp3) is 0.0833. The number of carbonyl (C=O) groups is 1. The zero-order chi connectivity index (χ0) is 12.5. The van der Waals surface area contributed by atoms with Crippen LogP contribution in [0.4, 0.5) is 0 Å². The lowest BCUT2D eigenvalue weighted by Crippen LogP contribution is -2.23. The van der Waals surface area contributed by atoms with E-state index in [0.717, 1.165) is 0 Å². The molecule has 3 heterocycles. The van der Waals surface area contributed by atoms with Gasteiger partial charge in [0.15, 0.2) is 5.78 Å². The third-order valence-electron chi connectivity index (χ3n) is 2.56. The lowest BCUT2D eigenvalue weighted by atomic mass is 10.3. The van der Waals surface area contributed by atoms with Gasteiger partial charge in [0.2, 0.25) is 0 Å². The van der Waals surface area contributed by atoms with E-state index in [4.69, 9.17) is 0 Å². The Morgan fingerprint density at radius 1 is 1.28 bits per heavy atom. The molecule has 0 saturated carbocycles. The van der Waals surface area contributed by atoms with Gasteiger partial charge in [-0.2, -0.15) is 0 Å². The summed E-state index contributed by atoms with van der Waals surface area (Å²) in [7, 11) is 0. The molecule has 0 saturated heterocycles. The van der Waals surface area contributed by atoms with Gasteiger partial charge >= 0.3 is 0 Å². The van der Waals surface area contributed by atoms with Crippen molar-refractivity contribution in [3.63, 3.8) is 0 Å². The van der Waals surface area contributed by atoms with Crippen molar-refractivity contribution in [1.29, 1.82) is 0 Å². The van der Waals surface area contributed by atoms with Crippen LogP contribution in [0.15, 0.2) is 40.1 Å². The lowest BCUT2D eigenvalue weighted by Gasteiger charge is -2.02. The molecular formula is C12H8N2O2S2. The van der Waals surface area contributed by atoms with Crippen molar-refractivity contribution in [2.75, 3.05) is 0 Å². The highest BCUT2D eigenvalue weighted by Crippen LogP contribution is 2.14. The molecule has 18 heavy (non-hydrogen) atoms. The highest BCUT2D eigenvalue weighted by molar-refractivity contribution is 7.16. The molecule has 4 nitrogen and oxygen atoms in total. The van der Waals surface area contributed by atoms with Gasteiger partial charge in [0.1, 0.15) is 4.83 Å². The minimum absolute atomic E-state index is 0.0398. The number of Topliss-reactive ketones (excluding diaryl/α,β-unsaturated/α-hetero) is 1. The molecule has 0 spiro atoms. The molecule has 0 bridgehead atoms. The molecule has 0 unspecified atom stereocenters. The van der Waals surface area contributed by atoms with Crippen molar-refractivity contribution in [3.05, 3.63) is 50.5 Å². The van der Waals surface area contributed by atoms with Crippen LogP contribution >= 0.6 is 22.7 Å². The van der Waals surface area contributed by atoms with Crippen molar-refractivity contribution in [2.45, 2.75) is 6.54 Å². The van der Waals surface area contributed by atoms with Gasteiger partial charge in [-0.25, -0.2) is 4.98 Å². The van der Waals surface area contributed by atoms with E-state index >= 15 is 0 Å². The van der Waals surface area contributed by atoms with Gasteiger partial charge < -0.3 is 0 Å². The summed E-state index contributed by atoms with van der Waals surface area (Å²) >= 11 is 2.80. The predicted octanol–water partition coefficient (Wildman–Crippen LogP) is 2.40. The van der Waals surface area contributed by atoms with Crippen molar-refractivity contribution >= 4 is 38.7 Å². The topological polar surface area (TPSA) is 52.0 Å². The SMILES string of the molecule is O=C(Cn1cnc2sccc2c1=O)c1cccs1. The maximum Gasteiger partial charge on any atom is 0.262 e. The zero-order valence-electron chi connectivity index (χ0n) is 9.20. The Balaban J connectivity index is 1.98. The number of hydrogen-bond acceptors (Lipinski definition) is 5. The normalized spacial score (nSPS) is 10.9. The summed E-state index contributed by atoms with van der Waals surface area (Å²) < 4.78 is 1.36. The quantitative estimate of drug-likeness (QED) is 0.690. The van der Waals surface area contributed by atoms with Gasteiger partial charge in [0.05, 0.1) is 23.1 Å². The third-order valence-corrected chi connectivity index (χ3v) is 4.29. The van der Waals surface area contributed by atoms with Gasteiger partial charge in [0.25, 0.3) is 5.56 Å². The fourth-order valence-corrected chi connectivity index (χ4v) is 3.06. The van der Waals surface area contributed by atoms with Gasteiger partial charge in [-0.1, -0.05) is 6.07 Å². The van der Waals surface area contributed by atoms with E-state index in [0.29, 0.717) is 15.1 Å². The molecule has 0 radical (unpaired) electrons. The van der Waals surface area contributed by atoms with E-state index in [1.807, 2.05) is 16.8 Å². The first-order valence-electron chi connectivity index (χ1n) is 5.25. The smallest absolute Gasteiger partial charge is 0.262 e. The molecule has 0 N–H and O–H groups in total.